The largest absolute Gasteiger partial charge is 0.495 e. The van der Waals surface area contributed by atoms with Crippen LogP contribution in [0.5, 0.6) is 5.75 Å². The second-order valence-electron chi connectivity index (χ2n) is 3.68. The van der Waals surface area contributed by atoms with Crippen molar-refractivity contribution in [1.29, 1.82) is 0 Å². The minimum atomic E-state index is -0.340. The van der Waals surface area contributed by atoms with Crippen molar-refractivity contribution in [2.24, 2.45) is 0 Å². The van der Waals surface area contributed by atoms with E-state index >= 15 is 0 Å². The van der Waals surface area contributed by atoms with E-state index < -0.39 is 0 Å². The highest BCUT2D eigenvalue weighted by Crippen LogP contribution is 2.31. The molecule has 0 heterocycles. The van der Waals surface area contributed by atoms with Gasteiger partial charge in [0.1, 0.15) is 11.6 Å². The third-order valence-corrected chi connectivity index (χ3v) is 2.92. The van der Waals surface area contributed by atoms with E-state index in [0.29, 0.717) is 21.9 Å². The summed E-state index contributed by atoms with van der Waals surface area (Å²) in [6.45, 7) is 0. The van der Waals surface area contributed by atoms with Crippen molar-refractivity contribution >= 4 is 11.6 Å². The average molecular weight is 261 g/mol. The molecule has 0 saturated heterocycles. The van der Waals surface area contributed by atoms with Crippen LogP contribution in [0.3, 0.4) is 0 Å². The highest BCUT2D eigenvalue weighted by atomic mass is 35.5. The molecule has 2 aromatic carbocycles. The van der Waals surface area contributed by atoms with Gasteiger partial charge in [-0.15, -0.1) is 6.42 Å². The molecular weight excluding hydrogens is 251 g/mol. The number of hydrogen-bond acceptors (Lipinski definition) is 1. The zero-order valence-corrected chi connectivity index (χ0v) is 10.5. The molecule has 0 unspecified atom stereocenters. The molecule has 0 fully saturated rings. The van der Waals surface area contributed by atoms with Crippen LogP contribution in [0.15, 0.2) is 36.4 Å². The van der Waals surface area contributed by atoms with Crippen LogP contribution >= 0.6 is 11.6 Å². The molecule has 18 heavy (non-hydrogen) atoms. The van der Waals surface area contributed by atoms with Crippen LogP contribution in [-0.2, 0) is 0 Å². The lowest BCUT2D eigenvalue weighted by Crippen LogP contribution is -1.89. The second-order valence-corrected chi connectivity index (χ2v) is 4.09. The van der Waals surface area contributed by atoms with Gasteiger partial charge in [0.25, 0.3) is 0 Å². The molecule has 3 heteroatoms. The van der Waals surface area contributed by atoms with E-state index in [2.05, 4.69) is 5.92 Å². The zero-order valence-electron chi connectivity index (χ0n) is 9.71. The fraction of sp³-hybridized carbons (Fsp3) is 0.0667. The molecule has 0 aliphatic rings. The third-order valence-electron chi connectivity index (χ3n) is 2.59. The summed E-state index contributed by atoms with van der Waals surface area (Å²) in [5, 5.41) is 0.476. The first-order valence-corrected chi connectivity index (χ1v) is 5.63. The van der Waals surface area contributed by atoms with Crippen molar-refractivity contribution in [2.75, 3.05) is 7.11 Å². The highest BCUT2D eigenvalue weighted by Gasteiger charge is 2.08. The van der Waals surface area contributed by atoms with Crippen molar-refractivity contribution < 1.29 is 9.13 Å². The first-order chi connectivity index (χ1) is 8.65. The summed E-state index contributed by atoms with van der Waals surface area (Å²) in [5.41, 5.74) is 1.97. The Labute approximate surface area is 110 Å². The molecule has 1 nitrogen and oxygen atoms in total. The van der Waals surface area contributed by atoms with Gasteiger partial charge in [0.2, 0.25) is 0 Å². The van der Waals surface area contributed by atoms with Gasteiger partial charge in [-0.05, 0) is 35.9 Å². The van der Waals surface area contributed by atoms with Crippen LogP contribution in [0.4, 0.5) is 4.39 Å². The molecule has 90 valence electrons. The van der Waals surface area contributed by atoms with Crippen LogP contribution in [-0.4, -0.2) is 7.11 Å². The topological polar surface area (TPSA) is 9.23 Å². The maximum atomic E-state index is 13.2. The molecule has 0 radical (unpaired) electrons. The number of halogens is 2. The van der Waals surface area contributed by atoms with Crippen molar-refractivity contribution in [3.8, 4) is 29.2 Å². The lowest BCUT2D eigenvalue weighted by atomic mass is 10.0. The van der Waals surface area contributed by atoms with Gasteiger partial charge >= 0.3 is 0 Å². The first kappa shape index (κ1) is 12.5. The maximum Gasteiger partial charge on any atom is 0.134 e. The number of benzene rings is 2. The Balaban J connectivity index is 2.58. The summed E-state index contributed by atoms with van der Waals surface area (Å²) in [5.74, 6) is 2.79. The van der Waals surface area contributed by atoms with Crippen molar-refractivity contribution in [3.05, 3.63) is 52.8 Å². The van der Waals surface area contributed by atoms with E-state index in [1.54, 1.807) is 25.3 Å². The van der Waals surface area contributed by atoms with E-state index in [1.165, 1.54) is 18.2 Å². The molecule has 0 atom stereocenters. The summed E-state index contributed by atoms with van der Waals surface area (Å²) >= 11 is 6.05. The van der Waals surface area contributed by atoms with E-state index in [0.717, 1.165) is 5.56 Å². The fourth-order valence-electron chi connectivity index (χ4n) is 1.71. The number of terminal acetylenes is 1. The molecule has 2 rings (SSSR count). The van der Waals surface area contributed by atoms with E-state index in [4.69, 9.17) is 22.8 Å². The molecule has 0 aliphatic carbocycles. The summed E-state index contributed by atoms with van der Waals surface area (Å²) in [7, 11) is 1.55. The van der Waals surface area contributed by atoms with Crippen molar-refractivity contribution in [2.45, 2.75) is 0 Å². The van der Waals surface area contributed by atoms with Crippen molar-refractivity contribution in [3.63, 3.8) is 0 Å². The van der Waals surface area contributed by atoms with Crippen LogP contribution in [0.1, 0.15) is 5.56 Å². The van der Waals surface area contributed by atoms with Crippen LogP contribution in [0.2, 0.25) is 5.02 Å². The van der Waals surface area contributed by atoms with Gasteiger partial charge in [0, 0.05) is 10.6 Å². The summed E-state index contributed by atoms with van der Waals surface area (Å²) in [4.78, 5) is 0. The third kappa shape index (κ3) is 2.32. The van der Waals surface area contributed by atoms with E-state index in [9.17, 15) is 4.39 Å². The Morgan fingerprint density at radius 1 is 1.22 bits per heavy atom. The maximum absolute atomic E-state index is 13.2. The Bertz CT molecular complexity index is 629. The standard InChI is InChI=1S/C15H10ClFO/c1-3-10-8-11(4-7-15(10)18-2)13-9-12(17)5-6-14(13)16/h1,4-9H,2H3. The monoisotopic (exact) mass is 260 g/mol. The highest BCUT2D eigenvalue weighted by molar-refractivity contribution is 6.33. The molecule has 0 aliphatic heterocycles. The molecule has 0 saturated carbocycles. The normalized spacial score (nSPS) is 9.89. The Morgan fingerprint density at radius 3 is 2.67 bits per heavy atom. The molecule has 0 spiro atoms. The molecular formula is C15H10ClFO. The van der Waals surface area contributed by atoms with Gasteiger partial charge in [0.15, 0.2) is 0 Å². The average Bonchev–Trinajstić information content (AvgIpc) is 2.40. The van der Waals surface area contributed by atoms with E-state index in [1.807, 2.05) is 0 Å². The van der Waals surface area contributed by atoms with Gasteiger partial charge < -0.3 is 4.74 Å². The van der Waals surface area contributed by atoms with Gasteiger partial charge in [-0.1, -0.05) is 23.6 Å². The van der Waals surface area contributed by atoms with Crippen LogP contribution < -0.4 is 4.74 Å². The lowest BCUT2D eigenvalue weighted by molar-refractivity contribution is 0.413. The Kier molecular flexibility index (Phi) is 3.55. The van der Waals surface area contributed by atoms with Gasteiger partial charge in [-0.3, -0.25) is 0 Å². The summed E-state index contributed by atoms with van der Waals surface area (Å²) in [6, 6.07) is 9.50. The van der Waals surface area contributed by atoms with Gasteiger partial charge in [0.05, 0.1) is 12.7 Å². The molecule has 2 aromatic rings. The number of ether oxygens (including phenoxy) is 1. The minimum Gasteiger partial charge on any atom is -0.495 e. The van der Waals surface area contributed by atoms with Crippen LogP contribution in [0, 0.1) is 18.2 Å². The summed E-state index contributed by atoms with van der Waals surface area (Å²) < 4.78 is 18.4. The van der Waals surface area contributed by atoms with Crippen molar-refractivity contribution in [1.82, 2.24) is 0 Å². The molecule has 0 bridgehead atoms. The predicted octanol–water partition coefficient (Wildman–Crippen LogP) is 4.14. The zero-order chi connectivity index (χ0) is 13.1. The second kappa shape index (κ2) is 5.12. The number of hydrogen-bond donors (Lipinski definition) is 0. The Morgan fingerprint density at radius 2 is 2.00 bits per heavy atom. The molecule has 0 aromatic heterocycles. The molecule has 0 N–H and O–H groups in total. The predicted molar refractivity (Wildman–Crippen MR) is 71.3 cm³/mol. The van der Waals surface area contributed by atoms with Gasteiger partial charge in [-0.2, -0.15) is 0 Å². The van der Waals surface area contributed by atoms with E-state index in [-0.39, 0.29) is 5.82 Å². The summed E-state index contributed by atoms with van der Waals surface area (Å²) in [6.07, 6.45) is 5.40. The Hall–Kier alpha value is -1.98. The lowest BCUT2D eigenvalue weighted by Gasteiger charge is -2.08. The first-order valence-electron chi connectivity index (χ1n) is 5.26. The fourth-order valence-corrected chi connectivity index (χ4v) is 1.93. The van der Waals surface area contributed by atoms with Gasteiger partial charge in [-0.25, -0.2) is 4.39 Å². The van der Waals surface area contributed by atoms with Crippen LogP contribution in [0.25, 0.3) is 11.1 Å². The quantitative estimate of drug-likeness (QED) is 0.738. The SMILES string of the molecule is C#Cc1cc(-c2cc(F)ccc2Cl)ccc1OC. The smallest absolute Gasteiger partial charge is 0.134 e. The number of methoxy groups -OCH3 is 1. The number of rotatable bonds is 2. The molecule has 0 amide bonds. The minimum absolute atomic E-state index is 0.340.